The van der Waals surface area contributed by atoms with Gasteiger partial charge >= 0.3 is 6.18 Å². The SMILES string of the molecule is CC(=O)[C@@]1(C#CC(F)(F)F)CC[C@H]2[C@@H]3CC(F)C4=CC(N=O)CCC4=C3C(c3ccc(N4CCCCC4)cc3)C[C@@]21C. The van der Waals surface area contributed by atoms with Crippen LogP contribution in [0.1, 0.15) is 83.1 Å². The Labute approximate surface area is 245 Å². The molecule has 1 aromatic rings. The minimum absolute atomic E-state index is 0.169. The number of fused-ring (bicyclic) bond motifs is 4. The quantitative estimate of drug-likeness (QED) is 0.204. The molecular weight excluding hydrogens is 544 g/mol. The number of alkyl halides is 4. The van der Waals surface area contributed by atoms with E-state index >= 15 is 4.39 Å². The molecule has 8 heteroatoms. The summed E-state index contributed by atoms with van der Waals surface area (Å²) in [5.74, 6) is 3.02. The second kappa shape index (κ2) is 10.6. The molecule has 7 atom stereocenters. The van der Waals surface area contributed by atoms with Gasteiger partial charge in [0.15, 0.2) is 0 Å². The zero-order chi connectivity index (χ0) is 29.9. The van der Waals surface area contributed by atoms with Crippen LogP contribution in [0.3, 0.4) is 0 Å². The van der Waals surface area contributed by atoms with Crippen molar-refractivity contribution in [2.75, 3.05) is 18.0 Å². The number of carbonyl (C=O) groups is 1. The number of carbonyl (C=O) groups excluding carboxylic acids is 1. The van der Waals surface area contributed by atoms with E-state index in [1.165, 1.54) is 19.3 Å². The summed E-state index contributed by atoms with van der Waals surface area (Å²) >= 11 is 0. The van der Waals surface area contributed by atoms with Gasteiger partial charge in [-0.15, -0.1) is 0 Å². The first-order valence-electron chi connectivity index (χ1n) is 15.4. The maximum atomic E-state index is 15.9. The molecule has 42 heavy (non-hydrogen) atoms. The van der Waals surface area contributed by atoms with E-state index in [1.54, 1.807) is 6.08 Å². The van der Waals surface area contributed by atoms with Crippen molar-refractivity contribution >= 4 is 11.5 Å². The number of hydrogen-bond donors (Lipinski definition) is 0. The second-order valence-electron chi connectivity index (χ2n) is 13.2. The molecule has 5 aliphatic rings. The van der Waals surface area contributed by atoms with Crippen LogP contribution in [0.25, 0.3) is 0 Å². The van der Waals surface area contributed by atoms with Crippen LogP contribution >= 0.6 is 0 Å². The molecule has 4 nitrogen and oxygen atoms in total. The summed E-state index contributed by atoms with van der Waals surface area (Å²) in [6.45, 7) is 5.32. The average molecular weight is 583 g/mol. The maximum absolute atomic E-state index is 15.9. The van der Waals surface area contributed by atoms with Crippen LogP contribution in [0.4, 0.5) is 23.2 Å². The van der Waals surface area contributed by atoms with Gasteiger partial charge in [0.1, 0.15) is 18.0 Å². The van der Waals surface area contributed by atoms with Crippen LogP contribution in [0, 0.1) is 39.4 Å². The molecule has 0 N–H and O–H groups in total. The van der Waals surface area contributed by atoms with Crippen molar-refractivity contribution in [3.8, 4) is 11.8 Å². The molecule has 2 saturated carbocycles. The number of nitrogens with zero attached hydrogens (tertiary/aromatic N) is 2. The zero-order valence-corrected chi connectivity index (χ0v) is 24.3. The molecule has 0 amide bonds. The number of nitroso groups, excluding NO2 is 1. The highest BCUT2D eigenvalue weighted by Crippen LogP contribution is 2.70. The standard InChI is InChI=1S/C34H38F4N2O2/c1-21(41)33(14-15-34(36,37)38)13-12-29-27-19-30(35)26-18-23(39-42)8-11-25(26)31(27)28(20-32(29,33)2)22-6-9-24(10-7-22)40-16-4-3-5-17-40/h6-7,9-10,18,23,27-30H,3-5,8,11-13,16-17,19-20H2,1-2H3/t23?,27-,28?,29-,30?,32-,33-/m0/s1. The average Bonchev–Trinajstić information content (AvgIpc) is 3.29. The highest BCUT2D eigenvalue weighted by atomic mass is 19.4. The molecule has 3 unspecified atom stereocenters. The highest BCUT2D eigenvalue weighted by molar-refractivity contribution is 5.87. The first-order valence-corrected chi connectivity index (χ1v) is 15.4. The largest absolute Gasteiger partial charge is 0.457 e. The number of allylic oxidation sites excluding steroid dienone is 3. The van der Waals surface area contributed by atoms with Crippen LogP contribution in [0.5, 0.6) is 0 Å². The van der Waals surface area contributed by atoms with E-state index in [0.717, 1.165) is 48.3 Å². The predicted molar refractivity (Wildman–Crippen MR) is 155 cm³/mol. The summed E-state index contributed by atoms with van der Waals surface area (Å²) in [6, 6.07) is 7.91. The van der Waals surface area contributed by atoms with Crippen molar-refractivity contribution in [2.24, 2.45) is 27.8 Å². The Morgan fingerprint density at radius 3 is 2.45 bits per heavy atom. The lowest BCUT2D eigenvalue weighted by Crippen LogP contribution is -2.51. The van der Waals surface area contributed by atoms with E-state index in [2.05, 4.69) is 40.3 Å². The lowest BCUT2D eigenvalue weighted by atomic mass is 9.48. The first kappa shape index (κ1) is 29.1. The van der Waals surface area contributed by atoms with Crippen molar-refractivity contribution in [3.05, 3.63) is 57.5 Å². The maximum Gasteiger partial charge on any atom is 0.457 e. The topological polar surface area (TPSA) is 49.7 Å². The van der Waals surface area contributed by atoms with Gasteiger partial charge in [0.05, 0.1) is 5.41 Å². The number of benzene rings is 1. The van der Waals surface area contributed by atoms with Gasteiger partial charge in [0.2, 0.25) is 0 Å². The fourth-order valence-corrected chi connectivity index (χ4v) is 9.28. The van der Waals surface area contributed by atoms with Crippen LogP contribution in [0.2, 0.25) is 0 Å². The lowest BCUT2D eigenvalue weighted by Gasteiger charge is -2.55. The number of halogens is 4. The van der Waals surface area contributed by atoms with Crippen LogP contribution in [0.15, 0.2) is 52.2 Å². The van der Waals surface area contributed by atoms with Crippen molar-refractivity contribution in [3.63, 3.8) is 0 Å². The van der Waals surface area contributed by atoms with Gasteiger partial charge in [-0.1, -0.05) is 41.8 Å². The summed E-state index contributed by atoms with van der Waals surface area (Å²) in [5, 5.41) is 3.19. The van der Waals surface area contributed by atoms with E-state index < -0.39 is 29.2 Å². The molecule has 4 aliphatic carbocycles. The van der Waals surface area contributed by atoms with Crippen LogP contribution < -0.4 is 4.90 Å². The monoisotopic (exact) mass is 582 g/mol. The lowest BCUT2D eigenvalue weighted by molar-refractivity contribution is -0.130. The second-order valence-corrected chi connectivity index (χ2v) is 13.2. The highest BCUT2D eigenvalue weighted by Gasteiger charge is 2.65. The van der Waals surface area contributed by atoms with Crippen LogP contribution in [-0.4, -0.2) is 37.3 Å². The molecular formula is C34H38F4N2O2. The Morgan fingerprint density at radius 2 is 1.81 bits per heavy atom. The Balaban J connectivity index is 1.49. The Bertz CT molecular complexity index is 1380. The number of hydrogen-bond acceptors (Lipinski definition) is 4. The normalized spacial score (nSPS) is 36.2. The smallest absolute Gasteiger partial charge is 0.372 e. The summed E-state index contributed by atoms with van der Waals surface area (Å²) in [6.07, 6.45) is 1.73. The minimum atomic E-state index is -4.71. The number of anilines is 1. The van der Waals surface area contributed by atoms with Crippen LogP contribution in [-0.2, 0) is 4.79 Å². The Hall–Kier alpha value is -2.95. The molecule has 6 rings (SSSR count). The molecule has 224 valence electrons. The summed E-state index contributed by atoms with van der Waals surface area (Å²) < 4.78 is 56.2. The van der Waals surface area contributed by atoms with Crippen molar-refractivity contribution < 1.29 is 22.4 Å². The number of piperidine rings is 1. The molecule has 1 aromatic carbocycles. The summed E-state index contributed by atoms with van der Waals surface area (Å²) in [5.41, 5.74) is 2.53. The third-order valence-corrected chi connectivity index (χ3v) is 11.2. The number of Topliss-reactive ketones (excluding diaryl/α,β-unsaturated/α-hetero) is 1. The van der Waals surface area contributed by atoms with Gasteiger partial charge in [0, 0.05) is 30.6 Å². The Morgan fingerprint density at radius 1 is 1.10 bits per heavy atom. The fraction of sp³-hybridized carbons (Fsp3) is 0.618. The number of ketones is 1. The summed E-state index contributed by atoms with van der Waals surface area (Å²) in [7, 11) is 0. The van der Waals surface area contributed by atoms with Gasteiger partial charge in [0.25, 0.3) is 0 Å². The van der Waals surface area contributed by atoms with E-state index in [4.69, 9.17) is 0 Å². The van der Waals surface area contributed by atoms with Gasteiger partial charge in [-0.05, 0) is 111 Å². The molecule has 0 radical (unpaired) electrons. The third kappa shape index (κ3) is 4.72. The molecule has 3 fully saturated rings. The zero-order valence-electron chi connectivity index (χ0n) is 24.3. The van der Waals surface area contributed by atoms with Crippen molar-refractivity contribution in [2.45, 2.75) is 95.9 Å². The van der Waals surface area contributed by atoms with E-state index in [1.807, 2.05) is 6.92 Å². The first-order chi connectivity index (χ1) is 20.0. The van der Waals surface area contributed by atoms with E-state index in [9.17, 15) is 22.9 Å². The van der Waals surface area contributed by atoms with Crippen molar-refractivity contribution in [1.82, 2.24) is 0 Å². The van der Waals surface area contributed by atoms with E-state index in [0.29, 0.717) is 31.3 Å². The minimum Gasteiger partial charge on any atom is -0.372 e. The van der Waals surface area contributed by atoms with Gasteiger partial charge in [-0.2, -0.15) is 18.1 Å². The van der Waals surface area contributed by atoms with E-state index in [-0.39, 0.29) is 36.4 Å². The predicted octanol–water partition coefficient (Wildman–Crippen LogP) is 8.23. The molecule has 1 heterocycles. The van der Waals surface area contributed by atoms with Gasteiger partial charge in [-0.3, -0.25) is 4.79 Å². The third-order valence-electron chi connectivity index (χ3n) is 11.2. The fourth-order valence-electron chi connectivity index (χ4n) is 9.28. The Kier molecular flexibility index (Phi) is 7.38. The molecule has 0 bridgehead atoms. The van der Waals surface area contributed by atoms with Gasteiger partial charge < -0.3 is 4.90 Å². The summed E-state index contributed by atoms with van der Waals surface area (Å²) in [4.78, 5) is 27.1. The van der Waals surface area contributed by atoms with Crippen molar-refractivity contribution in [1.29, 1.82) is 0 Å². The molecule has 0 aromatic heterocycles. The molecule has 1 aliphatic heterocycles. The molecule has 1 saturated heterocycles. The number of rotatable bonds is 4. The molecule has 0 spiro atoms. The van der Waals surface area contributed by atoms with Gasteiger partial charge in [-0.25, -0.2) is 4.39 Å².